The monoisotopic (exact) mass is 298 g/mol. The Labute approximate surface area is 139 Å². The van der Waals surface area contributed by atoms with Crippen molar-refractivity contribution in [2.75, 3.05) is 12.3 Å². The molecule has 2 aromatic carbocycles. The zero-order chi connectivity index (χ0) is 16.8. The number of rotatable bonds is 2. The van der Waals surface area contributed by atoms with Crippen LogP contribution in [0, 0.1) is 11.3 Å². The summed E-state index contributed by atoms with van der Waals surface area (Å²) in [6.07, 6.45) is 0. The lowest BCUT2D eigenvalue weighted by Gasteiger charge is -2.19. The number of ether oxygens (including phenoxy) is 1. The number of hydrogen-bond acceptors (Lipinski definition) is 3. The third-order valence-corrected chi connectivity index (χ3v) is 4.23. The Morgan fingerprint density at radius 1 is 1.26 bits per heavy atom. The zero-order valence-corrected chi connectivity index (χ0v) is 13.3. The second-order valence-electron chi connectivity index (χ2n) is 6.31. The van der Waals surface area contributed by atoms with Gasteiger partial charge in [0, 0.05) is 11.1 Å². The minimum atomic E-state index is -1.21. The molecule has 0 spiro atoms. The third kappa shape index (κ3) is 2.49. The molecule has 2 aromatic rings. The van der Waals surface area contributed by atoms with Gasteiger partial charge in [0.05, 0.1) is 33.6 Å². The Morgan fingerprint density at radius 3 is 2.48 bits per heavy atom. The molecule has 0 aliphatic carbocycles. The van der Waals surface area contributed by atoms with E-state index in [4.69, 9.17) is 26.2 Å². The fourth-order valence-electron chi connectivity index (χ4n) is 2.93. The van der Waals surface area contributed by atoms with Crippen LogP contribution in [0.25, 0.3) is 11.1 Å². The van der Waals surface area contributed by atoms with E-state index in [1.807, 2.05) is 12.1 Å². The maximum absolute atomic E-state index is 9.38. The molecule has 1 heterocycles. The predicted molar refractivity (Wildman–Crippen MR) is 93.8 cm³/mol. The van der Waals surface area contributed by atoms with Gasteiger partial charge < -0.3 is 10.5 Å². The minimum Gasteiger partial charge on any atom is -0.493 e. The molecule has 110 valence electrons. The van der Waals surface area contributed by atoms with Gasteiger partial charge in [0.25, 0.3) is 0 Å². The number of nitriles is 1. The van der Waals surface area contributed by atoms with Crippen molar-refractivity contribution in [3.8, 4) is 22.9 Å². The van der Waals surface area contributed by atoms with Crippen LogP contribution in [0.3, 0.4) is 0 Å². The van der Waals surface area contributed by atoms with Crippen molar-refractivity contribution in [3.63, 3.8) is 0 Å². The van der Waals surface area contributed by atoms with Crippen LogP contribution in [0.4, 0.5) is 5.69 Å². The Hall–Kier alpha value is -2.34. The molecule has 4 radical (unpaired) electrons. The molecule has 0 saturated carbocycles. The van der Waals surface area contributed by atoms with Crippen molar-refractivity contribution < 1.29 is 4.74 Å². The summed E-state index contributed by atoms with van der Waals surface area (Å²) in [4.78, 5) is 0. The second kappa shape index (κ2) is 5.38. The predicted octanol–water partition coefficient (Wildman–Crippen LogP) is 2.81. The van der Waals surface area contributed by atoms with Crippen LogP contribution in [0.5, 0.6) is 5.75 Å². The van der Waals surface area contributed by atoms with E-state index in [-0.39, 0.29) is 6.61 Å². The molecule has 0 fully saturated rings. The van der Waals surface area contributed by atoms with Crippen LogP contribution in [-0.2, 0) is 5.21 Å². The smallest absolute Gasteiger partial charge is 0.130 e. The highest BCUT2D eigenvalue weighted by atomic mass is 16.5. The number of hydrogen-bond donors (Lipinski definition) is 1. The first-order chi connectivity index (χ1) is 10.8. The molecule has 0 bridgehead atoms. The number of fused-ring (bicyclic) bond motifs is 1. The molecule has 0 saturated heterocycles. The molecule has 1 aliphatic heterocycles. The van der Waals surface area contributed by atoms with Gasteiger partial charge in [0.15, 0.2) is 0 Å². The van der Waals surface area contributed by atoms with Gasteiger partial charge in [-0.25, -0.2) is 0 Å². The first kappa shape index (κ1) is 15.6. The normalized spacial score (nSPS) is 15.0. The van der Waals surface area contributed by atoms with E-state index in [0.29, 0.717) is 28.5 Å². The molecule has 0 aromatic heterocycles. The van der Waals surface area contributed by atoms with E-state index in [9.17, 15) is 5.26 Å². The van der Waals surface area contributed by atoms with E-state index in [1.165, 1.54) is 5.56 Å². The van der Waals surface area contributed by atoms with Crippen molar-refractivity contribution in [1.82, 2.24) is 0 Å². The highest BCUT2D eigenvalue weighted by Crippen LogP contribution is 2.46. The summed E-state index contributed by atoms with van der Waals surface area (Å²) < 4.78 is 5.72. The molecule has 3 rings (SSSR count). The fourth-order valence-corrected chi connectivity index (χ4v) is 2.93. The van der Waals surface area contributed by atoms with E-state index in [2.05, 4.69) is 32.0 Å². The average Bonchev–Trinajstić information content (AvgIpc) is 2.83. The highest BCUT2D eigenvalue weighted by Gasteiger charge is 2.36. The largest absolute Gasteiger partial charge is 0.493 e. The van der Waals surface area contributed by atoms with Gasteiger partial charge in [-0.3, -0.25) is 0 Å². The van der Waals surface area contributed by atoms with Gasteiger partial charge in [-0.2, -0.15) is 5.26 Å². The summed E-state index contributed by atoms with van der Waals surface area (Å²) in [5, 5.41) is 8.17. The van der Waals surface area contributed by atoms with Gasteiger partial charge >= 0.3 is 0 Å². The Kier molecular flexibility index (Phi) is 3.64. The van der Waals surface area contributed by atoms with Gasteiger partial charge in [0.2, 0.25) is 0 Å². The molecule has 2 N–H and O–H groups in total. The summed E-state index contributed by atoms with van der Waals surface area (Å²) >= 11 is 0. The second-order valence-corrected chi connectivity index (χ2v) is 6.31. The number of anilines is 1. The lowest BCUT2D eigenvalue weighted by molar-refractivity contribution is 0.344. The Balaban J connectivity index is 2.21. The first-order valence-corrected chi connectivity index (χ1v) is 7.53. The van der Waals surface area contributed by atoms with E-state index >= 15 is 0 Å². The van der Waals surface area contributed by atoms with Crippen molar-refractivity contribution >= 4 is 21.4 Å². The lowest BCUT2D eigenvalue weighted by atomic mass is 9.51. The maximum Gasteiger partial charge on any atom is 0.130 e. The van der Waals surface area contributed by atoms with E-state index < -0.39 is 5.21 Å². The number of nitrogens with two attached hydrogens (primary N) is 1. The average molecular weight is 298 g/mol. The SMILES string of the molecule is [B]C1([B])COc2c(-c3ccc(C(C)C)cc3)cc(N)c(C#N)c21. The number of benzene rings is 2. The van der Waals surface area contributed by atoms with E-state index in [0.717, 1.165) is 11.1 Å². The van der Waals surface area contributed by atoms with Crippen LogP contribution < -0.4 is 10.5 Å². The molecule has 0 amide bonds. The number of nitrogens with zero attached hydrogens (tertiary/aromatic N) is 1. The summed E-state index contributed by atoms with van der Waals surface area (Å²) in [5.74, 6) is 1.01. The Bertz CT molecular complexity index is 805. The fraction of sp³-hybridized carbons (Fsp3) is 0.278. The molecular weight excluding hydrogens is 282 g/mol. The van der Waals surface area contributed by atoms with Crippen molar-refractivity contribution in [3.05, 3.63) is 47.0 Å². The summed E-state index contributed by atoms with van der Waals surface area (Å²) in [6.45, 7) is 4.41. The minimum absolute atomic E-state index is 0.123. The standard InChI is InChI=1S/C18H16B2N2O/c1-10(2)11-3-5-12(6-4-11)13-7-15(22)14(8-21)16-17(13)23-9-18(16,19)20/h3-7,10H,9,22H2,1-2H3. The van der Waals surface area contributed by atoms with Crippen molar-refractivity contribution in [2.24, 2.45) is 0 Å². The maximum atomic E-state index is 9.38. The third-order valence-electron chi connectivity index (χ3n) is 4.23. The molecule has 3 nitrogen and oxygen atoms in total. The zero-order valence-electron chi connectivity index (χ0n) is 13.3. The Morgan fingerprint density at radius 2 is 1.91 bits per heavy atom. The van der Waals surface area contributed by atoms with Crippen molar-refractivity contribution in [2.45, 2.75) is 25.0 Å². The van der Waals surface area contributed by atoms with Crippen LogP contribution >= 0.6 is 0 Å². The van der Waals surface area contributed by atoms with Crippen molar-refractivity contribution in [1.29, 1.82) is 5.26 Å². The van der Waals surface area contributed by atoms with Gasteiger partial charge in [0.1, 0.15) is 11.8 Å². The van der Waals surface area contributed by atoms with Crippen LogP contribution in [0.1, 0.15) is 36.5 Å². The molecule has 1 aliphatic rings. The molecule has 0 unspecified atom stereocenters. The number of nitrogen functional groups attached to an aromatic ring is 1. The summed E-state index contributed by atoms with van der Waals surface area (Å²) in [5.41, 5.74) is 10.2. The quantitative estimate of drug-likeness (QED) is 0.685. The lowest BCUT2D eigenvalue weighted by Crippen LogP contribution is -2.29. The van der Waals surface area contributed by atoms with Gasteiger partial charge in [-0.1, -0.05) is 38.1 Å². The highest BCUT2D eigenvalue weighted by molar-refractivity contribution is 6.41. The van der Waals surface area contributed by atoms with Crippen LogP contribution in [-0.4, -0.2) is 22.3 Å². The molecular formula is C18H16B2N2O. The summed E-state index contributed by atoms with van der Waals surface area (Å²) in [6, 6.07) is 12.0. The van der Waals surface area contributed by atoms with Crippen LogP contribution in [0.2, 0.25) is 0 Å². The topological polar surface area (TPSA) is 59.0 Å². The first-order valence-electron chi connectivity index (χ1n) is 7.53. The molecule has 5 heteroatoms. The molecule has 23 heavy (non-hydrogen) atoms. The molecule has 0 atom stereocenters. The summed E-state index contributed by atoms with van der Waals surface area (Å²) in [7, 11) is 12.2. The van der Waals surface area contributed by atoms with Crippen LogP contribution in [0.15, 0.2) is 30.3 Å². The van der Waals surface area contributed by atoms with Gasteiger partial charge in [-0.05, 0) is 28.3 Å². The van der Waals surface area contributed by atoms with Gasteiger partial charge in [-0.15, -0.1) is 0 Å². The van der Waals surface area contributed by atoms with E-state index in [1.54, 1.807) is 6.07 Å².